The molecule has 0 spiro atoms. The Labute approximate surface area is 533 Å². The summed E-state index contributed by atoms with van der Waals surface area (Å²) in [6, 6.07) is 121. The van der Waals surface area contributed by atoms with Crippen LogP contribution in [0.4, 0.5) is 0 Å². The Balaban J connectivity index is 0.000000141. The fourth-order valence-electron chi connectivity index (χ4n) is 9.25. The van der Waals surface area contributed by atoms with Crippen molar-refractivity contribution in [2.75, 3.05) is 23.8 Å². The van der Waals surface area contributed by atoms with Gasteiger partial charge < -0.3 is 10.2 Å². The van der Waals surface area contributed by atoms with Gasteiger partial charge in [0.2, 0.25) is 0 Å². The molecule has 0 radical (unpaired) electrons. The molecule has 12 aromatic rings. The number of thiol groups is 3. The molecule has 0 aliphatic rings. The summed E-state index contributed by atoms with van der Waals surface area (Å²) in [5, 5.41) is 35.3. The van der Waals surface area contributed by atoms with Crippen molar-refractivity contribution in [2.45, 2.75) is 4.90 Å². The maximum absolute atomic E-state index is 10.2. The minimum absolute atomic E-state index is 0.212. The summed E-state index contributed by atoms with van der Waals surface area (Å²) >= 11 is 13.5. The van der Waals surface area contributed by atoms with Crippen LogP contribution in [0, 0.1) is 0 Å². The van der Waals surface area contributed by atoms with Gasteiger partial charge in [-0.15, -0.1) is 12.6 Å². The molecule has 12 rings (SSSR count). The maximum Gasteiger partial charge on any atom is 0.123 e. The van der Waals surface area contributed by atoms with Crippen molar-refractivity contribution < 1.29 is 10.2 Å². The average Bonchev–Trinajstić information content (AvgIpc) is 3.08. The molecule has 0 fully saturated rings. The maximum atomic E-state index is 10.2. The van der Waals surface area contributed by atoms with E-state index < -0.39 is 23.8 Å². The summed E-state index contributed by atoms with van der Waals surface area (Å²) < 4.78 is 0. The third-order valence-corrected chi connectivity index (χ3v) is 27.1. The number of aliphatic hydroxyl groups excluding tert-OH is 1. The molecular formula is C76H71O2P5S3. The lowest BCUT2D eigenvalue weighted by Gasteiger charge is -2.20. The predicted octanol–water partition coefficient (Wildman–Crippen LogP) is 15.0. The SMILES string of the molecule is OCP(c1ccccc1)c1ccccc1.Oc1ccccc1P(c1ccccc1)c1ccccc1.SCCP(c1ccccc1)c1ccccc1.SCP(c1ccccc1)c1ccccc1.Sc1ccccc1P(c1ccccc1)c1ccccc1. The Morgan fingerprint density at radius 1 is 0.256 bits per heavy atom. The van der Waals surface area contributed by atoms with Gasteiger partial charge in [-0.05, 0) is 122 Å². The van der Waals surface area contributed by atoms with Gasteiger partial charge in [0.15, 0.2) is 0 Å². The van der Waals surface area contributed by atoms with Gasteiger partial charge in [0.1, 0.15) is 5.75 Å². The summed E-state index contributed by atoms with van der Waals surface area (Å²) in [6.07, 6.45) is 1.36. The molecule has 12 aromatic carbocycles. The summed E-state index contributed by atoms with van der Waals surface area (Å²) in [4.78, 5) is 1.06. The highest BCUT2D eigenvalue weighted by molar-refractivity contribution is 7.93. The number of aromatic hydroxyl groups is 1. The molecule has 10 heteroatoms. The molecule has 0 unspecified atom stereocenters. The molecule has 0 aliphatic carbocycles. The van der Waals surface area contributed by atoms with E-state index in [1.54, 1.807) is 6.07 Å². The van der Waals surface area contributed by atoms with Crippen LogP contribution in [-0.2, 0) is 0 Å². The van der Waals surface area contributed by atoms with E-state index in [2.05, 4.69) is 287 Å². The molecule has 0 atom stereocenters. The summed E-state index contributed by atoms with van der Waals surface area (Å²) in [6.45, 7) is 0. The van der Waals surface area contributed by atoms with Gasteiger partial charge in [-0.3, -0.25) is 0 Å². The quantitative estimate of drug-likeness (QED) is 0.0494. The molecule has 0 aliphatic heterocycles. The zero-order chi connectivity index (χ0) is 59.8. The Morgan fingerprint density at radius 3 is 0.756 bits per heavy atom. The van der Waals surface area contributed by atoms with Crippen LogP contribution in [0.3, 0.4) is 0 Å². The number of hydrogen-bond acceptors (Lipinski definition) is 5. The second-order valence-electron chi connectivity index (χ2n) is 19.0. The number of rotatable bonds is 16. The van der Waals surface area contributed by atoms with Crippen LogP contribution < -0.4 is 63.7 Å². The molecule has 0 bridgehead atoms. The topological polar surface area (TPSA) is 40.5 Å². The zero-order valence-electron chi connectivity index (χ0n) is 47.8. The first-order valence-electron chi connectivity index (χ1n) is 28.3. The lowest BCUT2D eigenvalue weighted by atomic mass is 10.3. The molecular weight excluding hydrogens is 1200 g/mol. The highest BCUT2D eigenvalue weighted by Crippen LogP contribution is 2.38. The molecule has 2 N–H and O–H groups in total. The molecule has 430 valence electrons. The minimum Gasteiger partial charge on any atom is -0.507 e. The molecule has 0 saturated carbocycles. The Kier molecular flexibility index (Phi) is 28.5. The lowest BCUT2D eigenvalue weighted by molar-refractivity contribution is 0.372. The first-order chi connectivity index (χ1) is 42.5. The number of phenols is 1. The van der Waals surface area contributed by atoms with E-state index in [-0.39, 0.29) is 22.2 Å². The van der Waals surface area contributed by atoms with E-state index in [4.69, 9.17) is 0 Å². The van der Waals surface area contributed by atoms with Gasteiger partial charge in [0, 0.05) is 15.7 Å². The summed E-state index contributed by atoms with van der Waals surface area (Å²) in [5.41, 5.74) is 0.906. The number of aliphatic hydroxyl groups is 1. The van der Waals surface area contributed by atoms with Crippen LogP contribution in [0.2, 0.25) is 0 Å². The second-order valence-corrected chi connectivity index (χ2v) is 31.8. The van der Waals surface area contributed by atoms with Crippen LogP contribution in [0.5, 0.6) is 5.75 Å². The number of benzene rings is 12. The fourth-order valence-corrected chi connectivity index (χ4v) is 21.4. The largest absolute Gasteiger partial charge is 0.507 e. The predicted molar refractivity (Wildman–Crippen MR) is 396 cm³/mol. The van der Waals surface area contributed by atoms with Crippen molar-refractivity contribution >= 4 is 141 Å². The Morgan fingerprint density at radius 2 is 0.488 bits per heavy atom. The van der Waals surface area contributed by atoms with E-state index in [1.165, 1.54) is 58.3 Å². The van der Waals surface area contributed by atoms with Gasteiger partial charge in [-0.1, -0.05) is 340 Å². The Bertz CT molecular complexity index is 3320. The van der Waals surface area contributed by atoms with Crippen molar-refractivity contribution in [1.82, 2.24) is 0 Å². The third-order valence-electron chi connectivity index (χ3n) is 13.3. The van der Waals surface area contributed by atoms with Crippen LogP contribution in [0.1, 0.15) is 0 Å². The van der Waals surface area contributed by atoms with Gasteiger partial charge in [0.25, 0.3) is 0 Å². The molecule has 2 nitrogen and oxygen atoms in total. The third kappa shape index (κ3) is 20.1. The van der Waals surface area contributed by atoms with E-state index in [0.29, 0.717) is 5.75 Å². The van der Waals surface area contributed by atoms with Crippen LogP contribution in [-0.4, -0.2) is 34.0 Å². The fraction of sp³-hybridized carbons (Fsp3) is 0.0526. The number of hydrogen-bond donors (Lipinski definition) is 5. The smallest absolute Gasteiger partial charge is 0.123 e. The average molecular weight is 1270 g/mol. The van der Waals surface area contributed by atoms with Crippen LogP contribution in [0.15, 0.2) is 357 Å². The first-order valence-corrected chi connectivity index (χ1v) is 37.3. The zero-order valence-corrected chi connectivity index (χ0v) is 54.9. The number of phenolic OH excluding ortho intramolecular Hbond substituents is 1. The van der Waals surface area contributed by atoms with E-state index in [1.807, 2.05) is 97.1 Å². The molecule has 0 heterocycles. The normalized spacial score (nSPS) is 10.6. The van der Waals surface area contributed by atoms with Gasteiger partial charge in [-0.25, -0.2) is 0 Å². The first kappa shape index (κ1) is 65.6. The van der Waals surface area contributed by atoms with Crippen LogP contribution >= 0.6 is 77.5 Å². The van der Waals surface area contributed by atoms with Crippen molar-refractivity contribution in [3.8, 4) is 5.75 Å². The van der Waals surface area contributed by atoms with Crippen molar-refractivity contribution in [3.63, 3.8) is 0 Å². The minimum atomic E-state index is -0.717. The van der Waals surface area contributed by atoms with Crippen molar-refractivity contribution in [3.05, 3.63) is 352 Å². The van der Waals surface area contributed by atoms with Gasteiger partial charge >= 0.3 is 0 Å². The second kappa shape index (κ2) is 37.3. The highest BCUT2D eigenvalue weighted by Gasteiger charge is 2.20. The monoisotopic (exact) mass is 1270 g/mol. The lowest BCUT2D eigenvalue weighted by Crippen LogP contribution is -2.21. The Hall–Kier alpha value is -6.40. The summed E-state index contributed by atoms with van der Waals surface area (Å²) in [5.74, 6) is 1.31. The van der Waals surface area contributed by atoms with Crippen molar-refractivity contribution in [2.24, 2.45) is 0 Å². The van der Waals surface area contributed by atoms with Crippen molar-refractivity contribution in [1.29, 1.82) is 0 Å². The van der Waals surface area contributed by atoms with E-state index >= 15 is 0 Å². The molecule has 0 amide bonds. The van der Waals surface area contributed by atoms with E-state index in [0.717, 1.165) is 27.6 Å². The van der Waals surface area contributed by atoms with Gasteiger partial charge in [0.05, 0.1) is 6.35 Å². The molecule has 0 aromatic heterocycles. The highest BCUT2D eigenvalue weighted by atomic mass is 32.1. The van der Waals surface area contributed by atoms with E-state index in [9.17, 15) is 10.2 Å². The number of para-hydroxylation sites is 1. The summed E-state index contributed by atoms with van der Waals surface area (Å²) in [7, 11) is -2.36. The van der Waals surface area contributed by atoms with Gasteiger partial charge in [-0.2, -0.15) is 25.3 Å². The molecule has 0 saturated heterocycles. The molecule has 86 heavy (non-hydrogen) atoms. The van der Waals surface area contributed by atoms with Crippen LogP contribution in [0.25, 0.3) is 0 Å². The standard InChI is InChI=1S/C18H15OP.C18H15PS.C14H15PS.C13H13OP.C13H13PS/c19-17-13-7-8-14-18(17)20(15-9-3-1-4-10-15)16-11-5-2-6-12-16;20-18-14-8-7-13-17(18)19(15-9-3-1-4-10-15)16-11-5-2-6-12-16;16-12-11-15(13-7-3-1-4-8-13)14-9-5-2-6-10-14;14-11-15(12-7-3-1-4-8-12)13-9-5-2-6-10-13;15-11-14(12-7-3-1-4-8-12)13-9-5-2-6-10-13/h1-14,19H;1-14,20H;1-10,16H,11-12H2;1-10,14H,11H2;1-10,15H,11H2.